The third-order valence-corrected chi connectivity index (χ3v) is 2.77. The lowest BCUT2D eigenvalue weighted by molar-refractivity contribution is 0.467. The van der Waals surface area contributed by atoms with E-state index in [9.17, 15) is 10.4 Å². The summed E-state index contributed by atoms with van der Waals surface area (Å²) in [7, 11) is 0. The van der Waals surface area contributed by atoms with Gasteiger partial charge < -0.3 is 5.11 Å². The zero-order valence-electron chi connectivity index (χ0n) is 9.38. The Labute approximate surface area is 101 Å². The monoisotopic (exact) mass is 223 g/mol. The highest BCUT2D eigenvalue weighted by Gasteiger charge is 2.12. The van der Waals surface area contributed by atoms with Gasteiger partial charge in [-0.1, -0.05) is 48.5 Å². The van der Waals surface area contributed by atoms with Gasteiger partial charge in [0.15, 0.2) is 0 Å². The highest BCUT2D eigenvalue weighted by atomic mass is 16.3. The molecule has 2 heteroatoms. The third-order valence-electron chi connectivity index (χ3n) is 2.77. The van der Waals surface area contributed by atoms with Crippen molar-refractivity contribution in [3.05, 3.63) is 65.7 Å². The Morgan fingerprint density at radius 2 is 1.65 bits per heavy atom. The van der Waals surface area contributed by atoms with Crippen LogP contribution < -0.4 is 0 Å². The highest BCUT2D eigenvalue weighted by Crippen LogP contribution is 2.25. The van der Waals surface area contributed by atoms with Crippen LogP contribution >= 0.6 is 0 Å². The predicted molar refractivity (Wildman–Crippen MR) is 66.6 cm³/mol. The van der Waals surface area contributed by atoms with Gasteiger partial charge in [-0.15, -0.1) is 0 Å². The lowest BCUT2D eigenvalue weighted by Crippen LogP contribution is -2.00. The van der Waals surface area contributed by atoms with Crippen LogP contribution in [0.3, 0.4) is 0 Å². The SMILES string of the molecule is N#CC(Cc1ccccc1O)c1ccccc1. The van der Waals surface area contributed by atoms with Crippen molar-refractivity contribution in [2.75, 3.05) is 0 Å². The van der Waals surface area contributed by atoms with Gasteiger partial charge in [-0.2, -0.15) is 5.26 Å². The van der Waals surface area contributed by atoms with Crippen molar-refractivity contribution in [3.63, 3.8) is 0 Å². The van der Waals surface area contributed by atoms with E-state index in [1.807, 2.05) is 42.5 Å². The summed E-state index contributed by atoms with van der Waals surface area (Å²) in [6.45, 7) is 0. The van der Waals surface area contributed by atoms with Crippen LogP contribution in [0.25, 0.3) is 0 Å². The summed E-state index contributed by atoms with van der Waals surface area (Å²) in [5.74, 6) is 0.0354. The molecule has 0 aliphatic rings. The lowest BCUT2D eigenvalue weighted by atomic mass is 9.93. The quantitative estimate of drug-likeness (QED) is 0.868. The number of aromatic hydroxyl groups is 1. The van der Waals surface area contributed by atoms with E-state index in [0.717, 1.165) is 11.1 Å². The smallest absolute Gasteiger partial charge is 0.118 e. The van der Waals surface area contributed by atoms with Crippen molar-refractivity contribution in [1.82, 2.24) is 0 Å². The Morgan fingerprint density at radius 3 is 2.29 bits per heavy atom. The molecule has 0 bridgehead atoms. The molecule has 0 amide bonds. The van der Waals surface area contributed by atoms with Crippen LogP contribution in [0.4, 0.5) is 0 Å². The predicted octanol–water partition coefficient (Wildman–Crippen LogP) is 3.24. The van der Waals surface area contributed by atoms with Crippen LogP contribution in [0.2, 0.25) is 0 Å². The van der Waals surface area contributed by atoms with E-state index in [1.165, 1.54) is 0 Å². The first-order valence-electron chi connectivity index (χ1n) is 5.52. The van der Waals surface area contributed by atoms with Gasteiger partial charge in [0.2, 0.25) is 0 Å². The molecular weight excluding hydrogens is 210 g/mol. The number of nitriles is 1. The second-order valence-corrected chi connectivity index (χ2v) is 3.93. The number of nitrogens with zero attached hydrogens (tertiary/aromatic N) is 1. The lowest BCUT2D eigenvalue weighted by Gasteiger charge is -2.10. The average molecular weight is 223 g/mol. The Balaban J connectivity index is 2.23. The van der Waals surface area contributed by atoms with E-state index in [1.54, 1.807) is 12.1 Å². The van der Waals surface area contributed by atoms with Crippen LogP contribution in [0.15, 0.2) is 54.6 Å². The molecule has 2 aromatic carbocycles. The molecule has 0 saturated carbocycles. The molecule has 0 aromatic heterocycles. The van der Waals surface area contributed by atoms with Crippen molar-refractivity contribution < 1.29 is 5.11 Å². The minimum absolute atomic E-state index is 0.218. The summed E-state index contributed by atoms with van der Waals surface area (Å²) >= 11 is 0. The summed E-state index contributed by atoms with van der Waals surface area (Å²) < 4.78 is 0. The summed E-state index contributed by atoms with van der Waals surface area (Å²) in [5, 5.41) is 18.9. The standard InChI is InChI=1S/C15H13NO/c16-11-14(12-6-2-1-3-7-12)10-13-8-4-5-9-15(13)17/h1-9,14,17H,10H2. The molecule has 1 unspecified atom stereocenters. The molecule has 0 radical (unpaired) electrons. The van der Waals surface area contributed by atoms with Crippen LogP contribution in [-0.2, 0) is 6.42 Å². The molecule has 0 aliphatic heterocycles. The van der Waals surface area contributed by atoms with Gasteiger partial charge in [0.25, 0.3) is 0 Å². The highest BCUT2D eigenvalue weighted by molar-refractivity contribution is 5.36. The van der Waals surface area contributed by atoms with Crippen molar-refractivity contribution in [2.45, 2.75) is 12.3 Å². The molecule has 0 spiro atoms. The van der Waals surface area contributed by atoms with E-state index in [2.05, 4.69) is 6.07 Å². The Hall–Kier alpha value is -2.27. The minimum atomic E-state index is -0.218. The van der Waals surface area contributed by atoms with E-state index in [-0.39, 0.29) is 11.7 Å². The Bertz CT molecular complexity index is 528. The molecule has 0 saturated heterocycles. The van der Waals surface area contributed by atoms with Crippen LogP contribution in [0.5, 0.6) is 5.75 Å². The summed E-state index contributed by atoms with van der Waals surface area (Å²) in [5.41, 5.74) is 1.79. The first-order chi connectivity index (χ1) is 8.31. The fourth-order valence-corrected chi connectivity index (χ4v) is 1.83. The van der Waals surface area contributed by atoms with E-state index < -0.39 is 0 Å². The molecule has 0 heterocycles. The number of rotatable bonds is 3. The zero-order valence-corrected chi connectivity index (χ0v) is 9.38. The van der Waals surface area contributed by atoms with Crippen molar-refractivity contribution >= 4 is 0 Å². The topological polar surface area (TPSA) is 44.0 Å². The fraction of sp³-hybridized carbons (Fsp3) is 0.133. The van der Waals surface area contributed by atoms with Gasteiger partial charge in [0, 0.05) is 0 Å². The molecule has 2 aromatic rings. The Kier molecular flexibility index (Phi) is 3.42. The first kappa shape index (κ1) is 11.2. The van der Waals surface area contributed by atoms with Gasteiger partial charge in [-0.25, -0.2) is 0 Å². The van der Waals surface area contributed by atoms with Crippen molar-refractivity contribution in [1.29, 1.82) is 5.26 Å². The number of phenolic OH excluding ortho intramolecular Hbond substituents is 1. The second-order valence-electron chi connectivity index (χ2n) is 3.93. The number of phenols is 1. The number of hydrogen-bond donors (Lipinski definition) is 1. The Morgan fingerprint density at radius 1 is 1.00 bits per heavy atom. The van der Waals surface area contributed by atoms with Gasteiger partial charge >= 0.3 is 0 Å². The number of para-hydroxylation sites is 1. The summed E-state index contributed by atoms with van der Waals surface area (Å²) in [6, 6.07) is 19.1. The van der Waals surface area contributed by atoms with Crippen LogP contribution in [0, 0.1) is 11.3 Å². The molecule has 0 aliphatic carbocycles. The minimum Gasteiger partial charge on any atom is -0.508 e. The van der Waals surface area contributed by atoms with Gasteiger partial charge in [-0.3, -0.25) is 0 Å². The molecule has 2 nitrogen and oxygen atoms in total. The summed E-state index contributed by atoms with van der Waals surface area (Å²) in [6.07, 6.45) is 0.535. The van der Waals surface area contributed by atoms with Crippen molar-refractivity contribution in [2.24, 2.45) is 0 Å². The second kappa shape index (κ2) is 5.18. The molecule has 1 N–H and O–H groups in total. The molecule has 0 fully saturated rings. The maximum absolute atomic E-state index is 9.69. The van der Waals surface area contributed by atoms with Gasteiger partial charge in [0.05, 0.1) is 12.0 Å². The molecule has 17 heavy (non-hydrogen) atoms. The third kappa shape index (κ3) is 2.64. The molecule has 84 valence electrons. The van der Waals surface area contributed by atoms with E-state index in [4.69, 9.17) is 0 Å². The molecular formula is C15H13NO. The van der Waals surface area contributed by atoms with Gasteiger partial charge in [0.1, 0.15) is 5.75 Å². The zero-order chi connectivity index (χ0) is 12.1. The normalized spacial score (nSPS) is 11.7. The van der Waals surface area contributed by atoms with E-state index in [0.29, 0.717) is 6.42 Å². The summed E-state index contributed by atoms with van der Waals surface area (Å²) in [4.78, 5) is 0. The maximum atomic E-state index is 9.69. The van der Waals surface area contributed by atoms with Crippen LogP contribution in [0.1, 0.15) is 17.0 Å². The maximum Gasteiger partial charge on any atom is 0.118 e. The fourth-order valence-electron chi connectivity index (χ4n) is 1.83. The van der Waals surface area contributed by atoms with Crippen LogP contribution in [-0.4, -0.2) is 5.11 Å². The van der Waals surface area contributed by atoms with Crippen molar-refractivity contribution in [3.8, 4) is 11.8 Å². The molecule has 2 rings (SSSR count). The largest absolute Gasteiger partial charge is 0.508 e. The average Bonchev–Trinajstić information content (AvgIpc) is 2.39. The first-order valence-corrected chi connectivity index (χ1v) is 5.52. The number of hydrogen-bond acceptors (Lipinski definition) is 2. The van der Waals surface area contributed by atoms with Gasteiger partial charge in [-0.05, 0) is 23.6 Å². The number of benzene rings is 2. The molecule has 1 atom stereocenters. The van der Waals surface area contributed by atoms with E-state index >= 15 is 0 Å².